The average molecular weight is 250 g/mol. The van der Waals surface area contributed by atoms with Gasteiger partial charge >= 0.3 is 5.97 Å². The number of likely N-dealkylation sites (tertiary alicyclic amines) is 1. The normalized spacial score (nSPS) is 19.8. The van der Waals surface area contributed by atoms with Gasteiger partial charge in [-0.25, -0.2) is 10.8 Å². The summed E-state index contributed by atoms with van der Waals surface area (Å²) in [6, 6.07) is 3.82. The number of nitrogens with two attached hydrogens (primary N) is 1. The van der Waals surface area contributed by atoms with Crippen LogP contribution in [0.3, 0.4) is 0 Å². The van der Waals surface area contributed by atoms with Crippen molar-refractivity contribution in [3.05, 3.63) is 23.9 Å². The van der Waals surface area contributed by atoms with Crippen LogP contribution in [0.5, 0.6) is 0 Å². The molecule has 1 aromatic rings. The van der Waals surface area contributed by atoms with E-state index in [1.165, 1.54) is 7.11 Å². The number of carbonyl (C=O) groups is 1. The highest BCUT2D eigenvalue weighted by Crippen LogP contribution is 2.19. The summed E-state index contributed by atoms with van der Waals surface area (Å²) in [5, 5.41) is 0. The minimum atomic E-state index is -0.113. The molecule has 0 amide bonds. The maximum atomic E-state index is 11.4. The number of pyridine rings is 1. The number of hydrogen-bond donors (Lipinski definition) is 2. The van der Waals surface area contributed by atoms with Gasteiger partial charge in [0.25, 0.3) is 0 Å². The Bertz CT molecular complexity index is 407. The van der Waals surface area contributed by atoms with Crippen LogP contribution >= 0.6 is 0 Å². The van der Waals surface area contributed by atoms with Gasteiger partial charge in [-0.2, -0.15) is 0 Å². The average Bonchev–Trinajstić information content (AvgIpc) is 2.87. The highest BCUT2D eigenvalue weighted by atomic mass is 16.5. The van der Waals surface area contributed by atoms with Crippen LogP contribution in [0.2, 0.25) is 0 Å². The van der Waals surface area contributed by atoms with Gasteiger partial charge in [0, 0.05) is 19.3 Å². The van der Waals surface area contributed by atoms with Crippen LogP contribution in [0.25, 0.3) is 0 Å². The lowest BCUT2D eigenvalue weighted by atomic mass is 10.1. The third kappa shape index (κ3) is 2.96. The third-order valence-electron chi connectivity index (χ3n) is 3.19. The monoisotopic (exact) mass is 250 g/mol. The molecule has 1 fully saturated rings. The van der Waals surface area contributed by atoms with Crippen LogP contribution in [0.4, 0.5) is 5.82 Å². The van der Waals surface area contributed by atoms with Crippen molar-refractivity contribution >= 4 is 11.8 Å². The number of hydrogen-bond acceptors (Lipinski definition) is 6. The molecule has 2 heterocycles. The second-order valence-corrected chi connectivity index (χ2v) is 4.44. The smallest absolute Gasteiger partial charge is 0.310 e. The number of nitrogen functional groups attached to an aromatic ring is 1. The molecule has 1 aromatic heterocycles. The summed E-state index contributed by atoms with van der Waals surface area (Å²) in [6.45, 7) is 2.46. The Kier molecular flexibility index (Phi) is 4.11. The summed E-state index contributed by atoms with van der Waals surface area (Å²) in [6.07, 6.45) is 2.66. The second kappa shape index (κ2) is 5.79. The van der Waals surface area contributed by atoms with E-state index in [2.05, 4.69) is 15.3 Å². The summed E-state index contributed by atoms with van der Waals surface area (Å²) >= 11 is 0. The number of nitrogens with zero attached hydrogens (tertiary/aromatic N) is 2. The van der Waals surface area contributed by atoms with Crippen molar-refractivity contribution < 1.29 is 9.53 Å². The van der Waals surface area contributed by atoms with Gasteiger partial charge in [-0.05, 0) is 24.6 Å². The van der Waals surface area contributed by atoms with Crippen LogP contribution in [0, 0.1) is 5.92 Å². The zero-order valence-corrected chi connectivity index (χ0v) is 10.4. The predicted molar refractivity (Wildman–Crippen MR) is 67.4 cm³/mol. The number of carbonyl (C=O) groups excluding carboxylic acids is 1. The molecule has 98 valence electrons. The van der Waals surface area contributed by atoms with Gasteiger partial charge in [0.1, 0.15) is 5.82 Å². The number of methoxy groups -OCH3 is 1. The minimum absolute atomic E-state index is 0.00735. The number of esters is 1. The van der Waals surface area contributed by atoms with E-state index in [9.17, 15) is 4.79 Å². The number of anilines is 1. The Hall–Kier alpha value is -1.66. The van der Waals surface area contributed by atoms with E-state index in [1.54, 1.807) is 6.20 Å². The van der Waals surface area contributed by atoms with E-state index >= 15 is 0 Å². The fraction of sp³-hybridized carbons (Fsp3) is 0.500. The SMILES string of the molecule is COC(=O)C1CCN(Cc2ccc(NN)nc2)C1. The molecule has 0 saturated carbocycles. The summed E-state index contributed by atoms with van der Waals surface area (Å²) in [5.41, 5.74) is 3.60. The van der Waals surface area contributed by atoms with Crippen molar-refractivity contribution in [1.29, 1.82) is 0 Å². The lowest BCUT2D eigenvalue weighted by Crippen LogP contribution is -2.23. The summed E-state index contributed by atoms with van der Waals surface area (Å²) < 4.78 is 4.76. The van der Waals surface area contributed by atoms with Crippen LogP contribution in [0.15, 0.2) is 18.3 Å². The summed E-state index contributed by atoms with van der Waals surface area (Å²) in [5.74, 6) is 5.80. The zero-order chi connectivity index (χ0) is 13.0. The fourth-order valence-electron chi connectivity index (χ4n) is 2.20. The number of rotatable bonds is 4. The first-order valence-corrected chi connectivity index (χ1v) is 5.94. The largest absolute Gasteiger partial charge is 0.469 e. The first kappa shape index (κ1) is 12.8. The molecule has 1 unspecified atom stereocenters. The van der Waals surface area contributed by atoms with E-state index in [0.717, 1.165) is 31.6 Å². The standard InChI is InChI=1S/C12H18N4O2/c1-18-12(17)10-4-5-16(8-10)7-9-2-3-11(15-13)14-6-9/h2-3,6,10H,4-5,7-8,13H2,1H3,(H,14,15). The lowest BCUT2D eigenvalue weighted by Gasteiger charge is -2.15. The van der Waals surface area contributed by atoms with Crippen molar-refractivity contribution in [2.75, 3.05) is 25.6 Å². The first-order chi connectivity index (χ1) is 8.72. The highest BCUT2D eigenvalue weighted by Gasteiger charge is 2.28. The quantitative estimate of drug-likeness (QED) is 0.456. The maximum absolute atomic E-state index is 11.4. The molecule has 1 saturated heterocycles. The molecule has 0 spiro atoms. The lowest BCUT2D eigenvalue weighted by molar-refractivity contribution is -0.144. The van der Waals surface area contributed by atoms with Crippen LogP contribution < -0.4 is 11.3 Å². The zero-order valence-electron chi connectivity index (χ0n) is 10.4. The second-order valence-electron chi connectivity index (χ2n) is 4.44. The third-order valence-corrected chi connectivity index (χ3v) is 3.19. The van der Waals surface area contributed by atoms with E-state index in [-0.39, 0.29) is 11.9 Å². The van der Waals surface area contributed by atoms with E-state index in [0.29, 0.717) is 5.82 Å². The van der Waals surface area contributed by atoms with Gasteiger partial charge in [0.15, 0.2) is 0 Å². The molecule has 3 N–H and O–H groups in total. The molecule has 6 nitrogen and oxygen atoms in total. The molecule has 0 aliphatic carbocycles. The Balaban J connectivity index is 1.89. The molecule has 0 radical (unpaired) electrons. The van der Waals surface area contributed by atoms with Crippen molar-refractivity contribution in [1.82, 2.24) is 9.88 Å². The molecule has 0 bridgehead atoms. The van der Waals surface area contributed by atoms with Crippen molar-refractivity contribution in [3.63, 3.8) is 0 Å². The number of hydrazine groups is 1. The van der Waals surface area contributed by atoms with Crippen molar-refractivity contribution in [2.24, 2.45) is 11.8 Å². The Morgan fingerprint density at radius 2 is 2.50 bits per heavy atom. The van der Waals surface area contributed by atoms with Crippen molar-refractivity contribution in [3.8, 4) is 0 Å². The van der Waals surface area contributed by atoms with Gasteiger partial charge in [0.2, 0.25) is 0 Å². The Morgan fingerprint density at radius 3 is 3.11 bits per heavy atom. The van der Waals surface area contributed by atoms with Gasteiger partial charge < -0.3 is 10.2 Å². The topological polar surface area (TPSA) is 80.5 Å². The van der Waals surface area contributed by atoms with Gasteiger partial charge in [0.05, 0.1) is 13.0 Å². The molecular formula is C12H18N4O2. The highest BCUT2D eigenvalue weighted by molar-refractivity contribution is 5.72. The molecule has 2 rings (SSSR count). The molecule has 18 heavy (non-hydrogen) atoms. The Labute approximate surface area is 106 Å². The van der Waals surface area contributed by atoms with E-state index < -0.39 is 0 Å². The molecule has 1 atom stereocenters. The summed E-state index contributed by atoms with van der Waals surface area (Å²) in [7, 11) is 1.44. The molecule has 1 aliphatic rings. The summed E-state index contributed by atoms with van der Waals surface area (Å²) in [4.78, 5) is 17.8. The van der Waals surface area contributed by atoms with E-state index in [4.69, 9.17) is 10.6 Å². The predicted octanol–water partition coefficient (Wildman–Crippen LogP) is 0.362. The molecule has 0 aromatic carbocycles. The van der Waals surface area contributed by atoms with Gasteiger partial charge in [-0.3, -0.25) is 9.69 Å². The van der Waals surface area contributed by atoms with E-state index in [1.807, 2.05) is 12.1 Å². The van der Waals surface area contributed by atoms with Crippen LogP contribution in [-0.4, -0.2) is 36.1 Å². The molecule has 6 heteroatoms. The number of ether oxygens (including phenoxy) is 1. The molecular weight excluding hydrogens is 232 g/mol. The van der Waals surface area contributed by atoms with Gasteiger partial charge in [-0.1, -0.05) is 6.07 Å². The Morgan fingerprint density at radius 1 is 1.67 bits per heavy atom. The van der Waals surface area contributed by atoms with Crippen LogP contribution in [0.1, 0.15) is 12.0 Å². The number of nitrogens with one attached hydrogen (secondary N) is 1. The fourth-order valence-corrected chi connectivity index (χ4v) is 2.20. The van der Waals surface area contributed by atoms with Crippen molar-refractivity contribution in [2.45, 2.75) is 13.0 Å². The van der Waals surface area contributed by atoms with Crippen LogP contribution in [-0.2, 0) is 16.1 Å². The van der Waals surface area contributed by atoms with Gasteiger partial charge in [-0.15, -0.1) is 0 Å². The maximum Gasteiger partial charge on any atom is 0.310 e. The molecule has 1 aliphatic heterocycles. The first-order valence-electron chi connectivity index (χ1n) is 5.94. The number of aromatic nitrogens is 1. The minimum Gasteiger partial charge on any atom is -0.469 e.